The molecular formula is C8H7N3O2S. The van der Waals surface area contributed by atoms with Crippen molar-refractivity contribution in [3.05, 3.63) is 22.3 Å². The number of thiazole rings is 1. The van der Waals surface area contributed by atoms with Crippen molar-refractivity contribution in [1.29, 1.82) is 0 Å². The first-order valence-corrected chi connectivity index (χ1v) is 4.83. The third-order valence-electron chi connectivity index (χ3n) is 1.65. The van der Waals surface area contributed by atoms with Gasteiger partial charge in [0.2, 0.25) is 5.91 Å². The van der Waals surface area contributed by atoms with Gasteiger partial charge in [-0.25, -0.2) is 4.98 Å². The molecule has 0 unspecified atom stereocenters. The number of nitrogens with one attached hydrogen (secondary N) is 2. The van der Waals surface area contributed by atoms with Gasteiger partial charge in [0.25, 0.3) is 5.91 Å². The van der Waals surface area contributed by atoms with Gasteiger partial charge in [-0.3, -0.25) is 9.59 Å². The van der Waals surface area contributed by atoms with E-state index in [-0.39, 0.29) is 24.1 Å². The van der Waals surface area contributed by atoms with Crippen molar-refractivity contribution in [3.8, 4) is 0 Å². The normalized spacial score (nSPS) is 19.3. The SMILES string of the molecule is O=C1CNC(=O)/C(=C/c2nccs2)N1. The Bertz CT molecular complexity index is 397. The second-order valence-corrected chi connectivity index (χ2v) is 3.59. The fraction of sp³-hybridized carbons (Fsp3) is 0.125. The summed E-state index contributed by atoms with van der Waals surface area (Å²) in [6.45, 7) is 0.0358. The van der Waals surface area contributed by atoms with Crippen LogP contribution in [0, 0.1) is 0 Å². The van der Waals surface area contributed by atoms with Gasteiger partial charge in [-0.1, -0.05) is 0 Å². The monoisotopic (exact) mass is 209 g/mol. The smallest absolute Gasteiger partial charge is 0.268 e. The highest BCUT2D eigenvalue weighted by Crippen LogP contribution is 2.09. The van der Waals surface area contributed by atoms with Crippen LogP contribution in [-0.4, -0.2) is 23.3 Å². The number of carbonyl (C=O) groups is 2. The summed E-state index contributed by atoms with van der Waals surface area (Å²) in [5, 5.41) is 7.43. The third-order valence-corrected chi connectivity index (χ3v) is 2.37. The van der Waals surface area contributed by atoms with Crippen LogP contribution in [-0.2, 0) is 9.59 Å². The molecule has 0 bridgehead atoms. The Morgan fingerprint density at radius 1 is 1.50 bits per heavy atom. The molecule has 6 heteroatoms. The van der Waals surface area contributed by atoms with Crippen LogP contribution >= 0.6 is 11.3 Å². The first-order chi connectivity index (χ1) is 6.75. The molecule has 1 aromatic heterocycles. The molecule has 0 aliphatic carbocycles. The summed E-state index contributed by atoms with van der Waals surface area (Å²) < 4.78 is 0. The van der Waals surface area contributed by atoms with Crippen LogP contribution in [0.3, 0.4) is 0 Å². The number of rotatable bonds is 1. The molecule has 1 fully saturated rings. The fourth-order valence-electron chi connectivity index (χ4n) is 1.04. The Morgan fingerprint density at radius 2 is 2.36 bits per heavy atom. The van der Waals surface area contributed by atoms with Crippen molar-refractivity contribution >= 4 is 29.2 Å². The summed E-state index contributed by atoms with van der Waals surface area (Å²) in [5.41, 5.74) is 0.246. The molecule has 0 atom stereocenters. The van der Waals surface area contributed by atoms with Crippen molar-refractivity contribution in [3.63, 3.8) is 0 Å². The number of piperazine rings is 1. The summed E-state index contributed by atoms with van der Waals surface area (Å²) in [5.74, 6) is -0.493. The van der Waals surface area contributed by atoms with Gasteiger partial charge < -0.3 is 10.6 Å². The first kappa shape index (κ1) is 8.89. The Labute approximate surface area is 83.8 Å². The predicted molar refractivity (Wildman–Crippen MR) is 51.2 cm³/mol. The number of amides is 2. The minimum atomic E-state index is -0.278. The lowest BCUT2D eigenvalue weighted by Crippen LogP contribution is -2.46. The highest BCUT2D eigenvalue weighted by atomic mass is 32.1. The lowest BCUT2D eigenvalue weighted by Gasteiger charge is -2.15. The number of carbonyl (C=O) groups excluding carboxylic acids is 2. The molecule has 1 saturated heterocycles. The quantitative estimate of drug-likeness (QED) is 0.625. The van der Waals surface area contributed by atoms with Crippen LogP contribution in [0.2, 0.25) is 0 Å². The van der Waals surface area contributed by atoms with E-state index in [4.69, 9.17) is 0 Å². The molecule has 0 radical (unpaired) electrons. The first-order valence-electron chi connectivity index (χ1n) is 3.95. The van der Waals surface area contributed by atoms with Gasteiger partial charge in [-0.15, -0.1) is 11.3 Å². The number of nitrogens with zero attached hydrogens (tertiary/aromatic N) is 1. The van der Waals surface area contributed by atoms with E-state index >= 15 is 0 Å². The molecule has 0 spiro atoms. The summed E-state index contributed by atoms with van der Waals surface area (Å²) in [7, 11) is 0. The minimum Gasteiger partial charge on any atom is -0.342 e. The van der Waals surface area contributed by atoms with E-state index in [9.17, 15) is 9.59 Å². The van der Waals surface area contributed by atoms with Crippen LogP contribution in [0.1, 0.15) is 5.01 Å². The minimum absolute atomic E-state index is 0.0358. The molecule has 1 aliphatic heterocycles. The van der Waals surface area contributed by atoms with E-state index in [2.05, 4.69) is 15.6 Å². The third kappa shape index (κ3) is 1.80. The Kier molecular flexibility index (Phi) is 2.28. The number of hydrogen-bond acceptors (Lipinski definition) is 4. The molecule has 2 N–H and O–H groups in total. The van der Waals surface area contributed by atoms with Gasteiger partial charge in [0.1, 0.15) is 10.7 Å². The lowest BCUT2D eigenvalue weighted by molar-refractivity contribution is -0.127. The molecule has 1 aliphatic rings. The van der Waals surface area contributed by atoms with Gasteiger partial charge in [0.15, 0.2) is 0 Å². The van der Waals surface area contributed by atoms with Crippen LogP contribution in [0.25, 0.3) is 6.08 Å². The van der Waals surface area contributed by atoms with Gasteiger partial charge in [-0.2, -0.15) is 0 Å². The summed E-state index contributed by atoms with van der Waals surface area (Å²) >= 11 is 1.40. The van der Waals surface area contributed by atoms with Crippen molar-refractivity contribution in [2.75, 3.05) is 6.54 Å². The highest BCUT2D eigenvalue weighted by molar-refractivity contribution is 7.10. The van der Waals surface area contributed by atoms with Gasteiger partial charge in [0, 0.05) is 17.7 Å². The molecule has 0 saturated carbocycles. The van der Waals surface area contributed by atoms with Gasteiger partial charge in [0.05, 0.1) is 6.54 Å². The van der Waals surface area contributed by atoms with Crippen LogP contribution in [0.15, 0.2) is 17.3 Å². The molecule has 2 amide bonds. The van der Waals surface area contributed by atoms with Crippen molar-refractivity contribution in [2.45, 2.75) is 0 Å². The van der Waals surface area contributed by atoms with Crippen LogP contribution in [0.4, 0.5) is 0 Å². The van der Waals surface area contributed by atoms with E-state index < -0.39 is 0 Å². The average molecular weight is 209 g/mol. The second-order valence-electron chi connectivity index (χ2n) is 2.66. The zero-order valence-corrected chi connectivity index (χ0v) is 7.93. The standard InChI is InChI=1S/C8H7N3O2S/c12-6-4-10-8(13)5(11-6)3-7-9-1-2-14-7/h1-3H,4H2,(H,10,13)(H,11,12)/b5-3-. The van der Waals surface area contributed by atoms with E-state index in [1.165, 1.54) is 11.3 Å². The molecule has 5 nitrogen and oxygen atoms in total. The van der Waals surface area contributed by atoms with Crippen molar-refractivity contribution in [2.24, 2.45) is 0 Å². The van der Waals surface area contributed by atoms with E-state index in [0.717, 1.165) is 0 Å². The predicted octanol–water partition coefficient (Wildman–Crippen LogP) is -0.270. The maximum absolute atomic E-state index is 11.2. The molecule has 2 heterocycles. The Morgan fingerprint density at radius 3 is 3.07 bits per heavy atom. The molecule has 72 valence electrons. The molecule has 0 aromatic carbocycles. The Balaban J connectivity index is 2.23. The van der Waals surface area contributed by atoms with Crippen LogP contribution < -0.4 is 10.6 Å². The fourth-order valence-corrected chi connectivity index (χ4v) is 1.61. The maximum Gasteiger partial charge on any atom is 0.268 e. The topological polar surface area (TPSA) is 71.1 Å². The highest BCUT2D eigenvalue weighted by Gasteiger charge is 2.19. The van der Waals surface area contributed by atoms with Gasteiger partial charge in [-0.05, 0) is 0 Å². The van der Waals surface area contributed by atoms with Crippen molar-refractivity contribution < 1.29 is 9.59 Å². The summed E-state index contributed by atoms with van der Waals surface area (Å²) in [6.07, 6.45) is 3.19. The van der Waals surface area contributed by atoms with E-state index in [1.54, 1.807) is 17.7 Å². The van der Waals surface area contributed by atoms with E-state index in [0.29, 0.717) is 5.01 Å². The zero-order chi connectivity index (χ0) is 9.97. The summed E-state index contributed by atoms with van der Waals surface area (Å²) in [6, 6.07) is 0. The van der Waals surface area contributed by atoms with Gasteiger partial charge >= 0.3 is 0 Å². The molecule has 1 aromatic rings. The van der Waals surface area contributed by atoms with Crippen LogP contribution in [0.5, 0.6) is 0 Å². The average Bonchev–Trinajstić information content (AvgIpc) is 2.64. The molecular weight excluding hydrogens is 202 g/mol. The molecule has 2 rings (SSSR count). The number of aromatic nitrogens is 1. The largest absolute Gasteiger partial charge is 0.342 e. The maximum atomic E-state index is 11.2. The Hall–Kier alpha value is -1.69. The number of hydrogen-bond donors (Lipinski definition) is 2. The zero-order valence-electron chi connectivity index (χ0n) is 7.11. The van der Waals surface area contributed by atoms with E-state index in [1.807, 2.05) is 0 Å². The lowest BCUT2D eigenvalue weighted by atomic mass is 10.3. The molecule has 14 heavy (non-hydrogen) atoms. The second kappa shape index (κ2) is 3.59. The summed E-state index contributed by atoms with van der Waals surface area (Å²) in [4.78, 5) is 26.2. The van der Waals surface area contributed by atoms with Crippen molar-refractivity contribution in [1.82, 2.24) is 15.6 Å².